The van der Waals surface area contributed by atoms with Crippen molar-refractivity contribution in [2.45, 2.75) is 5.54 Å². The molecule has 0 saturated carbocycles. The van der Waals surface area contributed by atoms with Gasteiger partial charge in [-0.15, -0.1) is 0 Å². The number of aromatic hydroxyl groups is 1. The molecule has 0 aromatic heterocycles. The summed E-state index contributed by atoms with van der Waals surface area (Å²) in [6.45, 7) is 0. The molecular formula is C25H20N2O. The molecule has 0 aliphatic carbocycles. The van der Waals surface area contributed by atoms with E-state index in [1.54, 1.807) is 24.3 Å². The smallest absolute Gasteiger partial charge is 0.157 e. The molecular weight excluding hydrogens is 344 g/mol. The number of rotatable bonds is 5. The molecule has 0 bridgehead atoms. The molecule has 0 heterocycles. The van der Waals surface area contributed by atoms with Crippen LogP contribution in [0.25, 0.3) is 0 Å². The van der Waals surface area contributed by atoms with Gasteiger partial charge in [-0.3, -0.25) is 0 Å². The highest BCUT2D eigenvalue weighted by atomic mass is 16.3. The number of phenolic OH excluding ortho intramolecular Hbond substituents is 1. The third kappa shape index (κ3) is 3.42. The van der Waals surface area contributed by atoms with Gasteiger partial charge in [0.2, 0.25) is 0 Å². The summed E-state index contributed by atoms with van der Waals surface area (Å²) in [6.07, 6.45) is 0. The van der Waals surface area contributed by atoms with E-state index in [1.807, 2.05) is 54.6 Å². The van der Waals surface area contributed by atoms with Crippen LogP contribution in [-0.4, -0.2) is 5.11 Å². The summed E-state index contributed by atoms with van der Waals surface area (Å²) in [4.78, 5) is 0. The summed E-state index contributed by atoms with van der Waals surface area (Å²) in [7, 11) is 0. The molecule has 1 N–H and O–H groups in total. The minimum Gasteiger partial charge on any atom is -0.508 e. The van der Waals surface area contributed by atoms with Crippen LogP contribution in [0.5, 0.6) is 5.75 Å². The Hall–Kier alpha value is -3.72. The first-order chi connectivity index (χ1) is 13.8. The molecule has 0 amide bonds. The van der Waals surface area contributed by atoms with Gasteiger partial charge in [-0.25, -0.2) is 0 Å². The maximum Gasteiger partial charge on any atom is 0.157 e. The van der Waals surface area contributed by atoms with Gasteiger partial charge in [0.1, 0.15) is 5.75 Å². The number of benzene rings is 4. The fourth-order valence-electron chi connectivity index (χ4n) is 3.36. The second-order valence-electron chi connectivity index (χ2n) is 6.52. The molecule has 0 spiro atoms. The number of azo groups is 1. The highest BCUT2D eigenvalue weighted by molar-refractivity contribution is 5.50. The van der Waals surface area contributed by atoms with Crippen molar-refractivity contribution in [1.82, 2.24) is 0 Å². The average molecular weight is 364 g/mol. The van der Waals surface area contributed by atoms with Gasteiger partial charge in [0, 0.05) is 0 Å². The molecule has 0 aliphatic heterocycles. The van der Waals surface area contributed by atoms with Crippen LogP contribution in [0.1, 0.15) is 16.7 Å². The van der Waals surface area contributed by atoms with Gasteiger partial charge in [-0.2, -0.15) is 10.2 Å². The SMILES string of the molecule is Oc1ccc(N=NC(c2ccccc2)(c2ccccc2)c2ccccc2)cc1. The zero-order valence-corrected chi connectivity index (χ0v) is 15.3. The Morgan fingerprint density at radius 1 is 0.500 bits per heavy atom. The Labute approximate surface area is 164 Å². The van der Waals surface area contributed by atoms with Crippen LogP contribution in [0.3, 0.4) is 0 Å². The average Bonchev–Trinajstić information content (AvgIpc) is 2.78. The number of phenols is 1. The van der Waals surface area contributed by atoms with Gasteiger partial charge in [0.05, 0.1) is 5.69 Å². The van der Waals surface area contributed by atoms with Crippen molar-refractivity contribution in [1.29, 1.82) is 0 Å². The molecule has 3 nitrogen and oxygen atoms in total. The van der Waals surface area contributed by atoms with Crippen LogP contribution in [0.15, 0.2) is 125 Å². The molecule has 0 aliphatic rings. The molecule has 28 heavy (non-hydrogen) atoms. The van der Waals surface area contributed by atoms with E-state index in [-0.39, 0.29) is 5.75 Å². The van der Waals surface area contributed by atoms with Crippen molar-refractivity contribution < 1.29 is 5.11 Å². The van der Waals surface area contributed by atoms with Crippen molar-refractivity contribution in [3.05, 3.63) is 132 Å². The predicted molar refractivity (Wildman–Crippen MR) is 112 cm³/mol. The molecule has 0 atom stereocenters. The molecule has 4 aromatic rings. The third-order valence-electron chi connectivity index (χ3n) is 4.74. The summed E-state index contributed by atoms with van der Waals surface area (Å²) in [5.41, 5.74) is 3.02. The zero-order chi connectivity index (χ0) is 19.2. The lowest BCUT2D eigenvalue weighted by atomic mass is 9.78. The first kappa shape index (κ1) is 17.7. The van der Waals surface area contributed by atoms with Gasteiger partial charge >= 0.3 is 0 Å². The van der Waals surface area contributed by atoms with E-state index in [9.17, 15) is 5.11 Å². The highest BCUT2D eigenvalue weighted by Crippen LogP contribution is 2.41. The van der Waals surface area contributed by atoms with Crippen LogP contribution in [-0.2, 0) is 5.54 Å². The van der Waals surface area contributed by atoms with Gasteiger partial charge < -0.3 is 5.11 Å². The minimum absolute atomic E-state index is 0.208. The van der Waals surface area contributed by atoms with E-state index < -0.39 is 5.54 Å². The quantitative estimate of drug-likeness (QED) is 0.320. The number of nitrogens with zero attached hydrogens (tertiary/aromatic N) is 2. The number of hydrogen-bond acceptors (Lipinski definition) is 3. The van der Waals surface area contributed by atoms with Crippen LogP contribution >= 0.6 is 0 Å². The summed E-state index contributed by atoms with van der Waals surface area (Å²) in [5, 5.41) is 19.0. The van der Waals surface area contributed by atoms with Crippen molar-refractivity contribution in [3.63, 3.8) is 0 Å². The van der Waals surface area contributed by atoms with E-state index in [0.29, 0.717) is 5.69 Å². The fourth-order valence-corrected chi connectivity index (χ4v) is 3.36. The normalized spacial score (nSPS) is 11.6. The van der Waals surface area contributed by atoms with Crippen molar-refractivity contribution >= 4 is 5.69 Å². The summed E-state index contributed by atoms with van der Waals surface area (Å²) < 4.78 is 0. The van der Waals surface area contributed by atoms with Gasteiger partial charge in [-0.05, 0) is 41.0 Å². The Balaban J connectivity index is 1.97. The topological polar surface area (TPSA) is 45.0 Å². The summed E-state index contributed by atoms with van der Waals surface area (Å²) in [6, 6.07) is 37.3. The van der Waals surface area contributed by atoms with E-state index >= 15 is 0 Å². The van der Waals surface area contributed by atoms with Crippen molar-refractivity contribution in [2.24, 2.45) is 10.2 Å². The monoisotopic (exact) mass is 364 g/mol. The minimum atomic E-state index is -0.776. The molecule has 0 fully saturated rings. The zero-order valence-electron chi connectivity index (χ0n) is 15.3. The summed E-state index contributed by atoms with van der Waals surface area (Å²) >= 11 is 0. The van der Waals surface area contributed by atoms with E-state index in [1.165, 1.54) is 0 Å². The van der Waals surface area contributed by atoms with Crippen LogP contribution in [0, 0.1) is 0 Å². The third-order valence-corrected chi connectivity index (χ3v) is 4.74. The van der Waals surface area contributed by atoms with Gasteiger partial charge in [0.15, 0.2) is 5.54 Å². The molecule has 136 valence electrons. The lowest BCUT2D eigenvalue weighted by Gasteiger charge is -2.30. The van der Waals surface area contributed by atoms with Gasteiger partial charge in [-0.1, -0.05) is 91.0 Å². The first-order valence-electron chi connectivity index (χ1n) is 9.17. The van der Waals surface area contributed by atoms with Crippen LogP contribution < -0.4 is 0 Å². The maximum absolute atomic E-state index is 9.55. The fraction of sp³-hybridized carbons (Fsp3) is 0.0400. The second kappa shape index (κ2) is 7.89. The van der Waals surface area contributed by atoms with Crippen LogP contribution in [0.2, 0.25) is 0 Å². The summed E-state index contributed by atoms with van der Waals surface area (Å²) in [5.74, 6) is 0.208. The molecule has 0 unspecified atom stereocenters. The van der Waals surface area contributed by atoms with E-state index in [0.717, 1.165) is 16.7 Å². The Morgan fingerprint density at radius 2 is 0.893 bits per heavy atom. The number of hydrogen-bond donors (Lipinski definition) is 1. The van der Waals surface area contributed by atoms with Crippen molar-refractivity contribution in [3.8, 4) is 5.75 Å². The maximum atomic E-state index is 9.55. The Kier molecular flexibility index (Phi) is 4.98. The van der Waals surface area contributed by atoms with E-state index in [4.69, 9.17) is 5.11 Å². The second-order valence-corrected chi connectivity index (χ2v) is 6.52. The molecule has 0 saturated heterocycles. The highest BCUT2D eigenvalue weighted by Gasteiger charge is 2.36. The first-order valence-corrected chi connectivity index (χ1v) is 9.17. The van der Waals surface area contributed by atoms with Crippen molar-refractivity contribution in [2.75, 3.05) is 0 Å². The Morgan fingerprint density at radius 3 is 1.29 bits per heavy atom. The van der Waals surface area contributed by atoms with Crippen LogP contribution in [0.4, 0.5) is 5.69 Å². The lowest BCUT2D eigenvalue weighted by Crippen LogP contribution is -2.26. The molecule has 0 radical (unpaired) electrons. The molecule has 3 heteroatoms. The molecule has 4 rings (SSSR count). The van der Waals surface area contributed by atoms with Gasteiger partial charge in [0.25, 0.3) is 0 Å². The lowest BCUT2D eigenvalue weighted by molar-refractivity contribution is 0.475. The molecule has 4 aromatic carbocycles. The van der Waals surface area contributed by atoms with E-state index in [2.05, 4.69) is 41.5 Å². The predicted octanol–water partition coefficient (Wildman–Crippen LogP) is 6.47. The largest absolute Gasteiger partial charge is 0.508 e. The Bertz CT molecular complexity index is 947. The standard InChI is InChI=1S/C25H20N2O/c28-24-18-16-23(17-19-24)26-27-25(20-10-4-1-5-11-20,21-12-6-2-7-13-21)22-14-8-3-9-15-22/h1-19,28H.